The van der Waals surface area contributed by atoms with E-state index in [0.29, 0.717) is 13.2 Å². The third-order valence-corrected chi connectivity index (χ3v) is 6.33. The Hall–Kier alpha value is -1.45. The molecule has 0 bridgehead atoms. The van der Waals surface area contributed by atoms with Gasteiger partial charge in [0.15, 0.2) is 0 Å². The van der Waals surface area contributed by atoms with Gasteiger partial charge in [-0.3, -0.25) is 4.57 Å². The quantitative estimate of drug-likeness (QED) is 0.676. The van der Waals surface area contributed by atoms with Crippen molar-refractivity contribution in [2.24, 2.45) is 5.73 Å². The fourth-order valence-electron chi connectivity index (χ4n) is 3.09. The molecule has 4 nitrogen and oxygen atoms in total. The van der Waals surface area contributed by atoms with Crippen LogP contribution in [0.2, 0.25) is 0 Å². The summed E-state index contributed by atoms with van der Waals surface area (Å²) in [5.74, 6) is -0.767. The number of fused-ring (bicyclic) bond motifs is 3. The predicted molar refractivity (Wildman–Crippen MR) is 92.5 cm³/mol. The van der Waals surface area contributed by atoms with Crippen LogP contribution in [0.25, 0.3) is 11.1 Å². The number of benzene rings is 2. The number of rotatable bonds is 6. The molecule has 2 aromatic carbocycles. The van der Waals surface area contributed by atoms with Crippen molar-refractivity contribution in [2.75, 3.05) is 13.2 Å². The van der Waals surface area contributed by atoms with Crippen LogP contribution < -0.4 is 5.73 Å². The molecular weight excluding hydrogens is 309 g/mol. The Balaban J connectivity index is 1.94. The molecule has 0 aliphatic heterocycles. The van der Waals surface area contributed by atoms with Crippen LogP contribution in [0.3, 0.4) is 0 Å². The summed E-state index contributed by atoms with van der Waals surface area (Å²) < 4.78 is 23.6. The van der Waals surface area contributed by atoms with Gasteiger partial charge in [0.2, 0.25) is 0 Å². The molecule has 0 unspecified atom stereocenters. The predicted octanol–water partition coefficient (Wildman–Crippen LogP) is 4.48. The maximum absolute atomic E-state index is 12.9. The van der Waals surface area contributed by atoms with E-state index < -0.39 is 13.4 Å². The summed E-state index contributed by atoms with van der Waals surface area (Å²) in [5, 5.41) is 0. The van der Waals surface area contributed by atoms with Gasteiger partial charge >= 0.3 is 7.60 Å². The second-order valence-corrected chi connectivity index (χ2v) is 7.72. The summed E-state index contributed by atoms with van der Waals surface area (Å²) in [6.07, 6.45) is 0.875. The molecule has 122 valence electrons. The minimum atomic E-state index is -3.35. The molecular formula is C18H22NO3P. The summed E-state index contributed by atoms with van der Waals surface area (Å²) in [6.45, 7) is 4.19. The minimum absolute atomic E-state index is 0.307. The zero-order chi connectivity index (χ0) is 16.4. The van der Waals surface area contributed by atoms with Crippen molar-refractivity contribution in [1.29, 1.82) is 0 Å². The van der Waals surface area contributed by atoms with Gasteiger partial charge in [0.25, 0.3) is 0 Å². The molecule has 3 rings (SSSR count). The fourth-order valence-corrected chi connectivity index (χ4v) is 4.73. The van der Waals surface area contributed by atoms with E-state index in [-0.39, 0.29) is 0 Å². The average molecular weight is 331 g/mol. The van der Waals surface area contributed by atoms with Crippen molar-refractivity contribution >= 4 is 7.60 Å². The van der Waals surface area contributed by atoms with Crippen LogP contribution in [0, 0.1) is 0 Å². The van der Waals surface area contributed by atoms with Crippen molar-refractivity contribution in [3.63, 3.8) is 0 Å². The average Bonchev–Trinajstić information content (AvgIpc) is 2.92. The lowest BCUT2D eigenvalue weighted by Gasteiger charge is -2.23. The van der Waals surface area contributed by atoms with Gasteiger partial charge in [0.05, 0.1) is 13.2 Å². The van der Waals surface area contributed by atoms with Gasteiger partial charge in [0, 0.05) is 0 Å². The molecule has 1 aliphatic carbocycles. The molecule has 1 atom stereocenters. The first-order chi connectivity index (χ1) is 11.1. The molecule has 0 amide bonds. The summed E-state index contributed by atoms with van der Waals surface area (Å²) in [7, 11) is -3.35. The number of hydrogen-bond acceptors (Lipinski definition) is 4. The van der Waals surface area contributed by atoms with E-state index in [0.717, 1.165) is 12.0 Å². The zero-order valence-corrected chi connectivity index (χ0v) is 14.4. The summed E-state index contributed by atoms with van der Waals surface area (Å²) in [5.41, 5.74) is 12.0. The Labute approximate surface area is 137 Å². The Morgan fingerprint density at radius 1 is 1.04 bits per heavy atom. The molecule has 2 N–H and O–H groups in total. The zero-order valence-electron chi connectivity index (χ0n) is 13.5. The molecule has 2 aromatic rings. The lowest BCUT2D eigenvalue weighted by atomic mass is 10.0. The highest BCUT2D eigenvalue weighted by Crippen LogP contribution is 2.58. The Bertz CT molecular complexity index is 750. The van der Waals surface area contributed by atoms with Gasteiger partial charge in [-0.05, 0) is 48.1 Å². The molecule has 0 aromatic heterocycles. The second kappa shape index (κ2) is 6.58. The van der Waals surface area contributed by atoms with E-state index in [1.165, 1.54) is 22.3 Å². The maximum atomic E-state index is 12.9. The van der Waals surface area contributed by atoms with E-state index in [2.05, 4.69) is 24.3 Å². The maximum Gasteiger partial charge on any atom is 0.351 e. The first-order valence-corrected chi connectivity index (χ1v) is 9.55. The van der Waals surface area contributed by atoms with Gasteiger partial charge < -0.3 is 14.8 Å². The van der Waals surface area contributed by atoms with Crippen molar-refractivity contribution in [1.82, 2.24) is 0 Å². The van der Waals surface area contributed by atoms with Gasteiger partial charge in [-0.1, -0.05) is 42.5 Å². The molecule has 1 aliphatic rings. The molecule has 5 heteroatoms. The Kier molecular flexibility index (Phi) is 4.69. The Morgan fingerprint density at radius 3 is 2.39 bits per heavy atom. The molecule has 0 spiro atoms. The van der Waals surface area contributed by atoms with Crippen LogP contribution >= 0.6 is 7.60 Å². The topological polar surface area (TPSA) is 61.5 Å². The van der Waals surface area contributed by atoms with E-state index in [1.807, 2.05) is 18.2 Å². The van der Waals surface area contributed by atoms with Crippen molar-refractivity contribution < 1.29 is 13.6 Å². The van der Waals surface area contributed by atoms with E-state index in [1.54, 1.807) is 13.8 Å². The highest BCUT2D eigenvalue weighted by atomic mass is 31.2. The standard InChI is InChI=1S/C18H22NO3P/c1-3-21-23(20,22-4-2)18(19)14-9-10-17-15(12-14)11-13-7-5-6-8-16(13)17/h5-10,12,18H,3-4,11,19H2,1-2H3/t18-/m1/s1. The SMILES string of the molecule is CCOP(=O)(OCC)[C@@H](N)c1ccc2c(c1)Cc1ccccc1-2. The highest BCUT2D eigenvalue weighted by molar-refractivity contribution is 7.54. The molecule has 0 heterocycles. The third-order valence-electron chi connectivity index (χ3n) is 4.12. The van der Waals surface area contributed by atoms with Gasteiger partial charge in [-0.25, -0.2) is 0 Å². The molecule has 23 heavy (non-hydrogen) atoms. The fraction of sp³-hybridized carbons (Fsp3) is 0.333. The molecule has 0 radical (unpaired) electrons. The normalized spacial score (nSPS) is 14.4. The van der Waals surface area contributed by atoms with Gasteiger partial charge in [-0.15, -0.1) is 0 Å². The van der Waals surface area contributed by atoms with Crippen LogP contribution in [-0.4, -0.2) is 13.2 Å². The van der Waals surface area contributed by atoms with E-state index >= 15 is 0 Å². The van der Waals surface area contributed by atoms with Gasteiger partial charge in [-0.2, -0.15) is 0 Å². The largest absolute Gasteiger partial charge is 0.351 e. The molecule has 0 saturated carbocycles. The van der Waals surface area contributed by atoms with Gasteiger partial charge in [0.1, 0.15) is 5.78 Å². The van der Waals surface area contributed by atoms with E-state index in [9.17, 15) is 4.57 Å². The van der Waals surface area contributed by atoms with Crippen LogP contribution in [-0.2, 0) is 20.0 Å². The van der Waals surface area contributed by atoms with E-state index in [4.69, 9.17) is 14.8 Å². The minimum Gasteiger partial charge on any atom is -0.314 e. The monoisotopic (exact) mass is 331 g/mol. The third kappa shape index (κ3) is 3.00. The summed E-state index contributed by atoms with van der Waals surface area (Å²) in [6, 6.07) is 14.4. The van der Waals surface area contributed by atoms with Crippen LogP contribution in [0.5, 0.6) is 0 Å². The Morgan fingerprint density at radius 2 is 1.70 bits per heavy atom. The second-order valence-electron chi connectivity index (χ2n) is 5.57. The van der Waals surface area contributed by atoms with Crippen LogP contribution in [0.1, 0.15) is 36.3 Å². The van der Waals surface area contributed by atoms with Crippen LogP contribution in [0.4, 0.5) is 0 Å². The number of hydrogen-bond donors (Lipinski definition) is 1. The van der Waals surface area contributed by atoms with Crippen molar-refractivity contribution in [3.05, 3.63) is 59.2 Å². The first kappa shape index (κ1) is 16.4. The highest BCUT2D eigenvalue weighted by Gasteiger charge is 2.34. The lowest BCUT2D eigenvalue weighted by molar-refractivity contribution is 0.212. The number of nitrogens with two attached hydrogens (primary N) is 1. The summed E-state index contributed by atoms with van der Waals surface area (Å²) in [4.78, 5) is 0. The smallest absolute Gasteiger partial charge is 0.314 e. The molecule has 0 saturated heterocycles. The molecule has 0 fully saturated rings. The van der Waals surface area contributed by atoms with Crippen molar-refractivity contribution in [2.45, 2.75) is 26.1 Å². The van der Waals surface area contributed by atoms with Crippen LogP contribution in [0.15, 0.2) is 42.5 Å². The van der Waals surface area contributed by atoms with Crippen molar-refractivity contribution in [3.8, 4) is 11.1 Å². The first-order valence-electron chi connectivity index (χ1n) is 7.94. The summed E-state index contributed by atoms with van der Waals surface area (Å²) >= 11 is 0. The lowest BCUT2D eigenvalue weighted by Crippen LogP contribution is -2.15.